The van der Waals surface area contributed by atoms with E-state index in [9.17, 15) is 20.3 Å². The summed E-state index contributed by atoms with van der Waals surface area (Å²) in [5.74, 6) is 1.13. The molecule has 0 spiro atoms. The number of nitro benzene ring substituents is 1. The number of hydrogen-bond donors (Lipinski definition) is 2. The predicted octanol–water partition coefficient (Wildman–Crippen LogP) is 3.52. The quantitative estimate of drug-likeness (QED) is 0.613. The molecule has 0 unspecified atom stereocenters. The van der Waals surface area contributed by atoms with Gasteiger partial charge in [-0.2, -0.15) is 0 Å². The van der Waals surface area contributed by atoms with E-state index in [0.717, 1.165) is 49.7 Å². The van der Waals surface area contributed by atoms with E-state index in [0.29, 0.717) is 17.8 Å². The number of aliphatic hydroxyl groups is 1. The minimum Gasteiger partial charge on any atom is -0.502 e. The van der Waals surface area contributed by atoms with Gasteiger partial charge in [0.05, 0.1) is 11.0 Å². The molecule has 1 aromatic rings. The van der Waals surface area contributed by atoms with Crippen molar-refractivity contribution in [2.75, 3.05) is 0 Å². The minimum absolute atomic E-state index is 0.0154. The third-order valence-corrected chi connectivity index (χ3v) is 6.97. The third kappa shape index (κ3) is 2.02. The fourth-order valence-electron chi connectivity index (χ4n) is 5.71. The summed E-state index contributed by atoms with van der Waals surface area (Å²) in [6, 6.07) is 3.20. The lowest BCUT2D eigenvalue weighted by molar-refractivity contribution is -0.386. The molecule has 1 aromatic carbocycles. The summed E-state index contributed by atoms with van der Waals surface area (Å²) in [6.07, 6.45) is 5.62. The van der Waals surface area contributed by atoms with Crippen LogP contribution in [-0.4, -0.2) is 21.2 Å². The molecule has 5 atom stereocenters. The van der Waals surface area contributed by atoms with Crippen LogP contribution in [0.15, 0.2) is 12.1 Å². The first-order valence-electron chi connectivity index (χ1n) is 8.60. The van der Waals surface area contributed by atoms with Gasteiger partial charge < -0.3 is 10.2 Å². The largest absolute Gasteiger partial charge is 0.502 e. The van der Waals surface area contributed by atoms with Gasteiger partial charge in [0.1, 0.15) is 0 Å². The zero-order chi connectivity index (χ0) is 16.4. The molecule has 0 radical (unpaired) electrons. The van der Waals surface area contributed by atoms with Crippen LogP contribution in [0, 0.1) is 27.4 Å². The van der Waals surface area contributed by atoms with Crippen LogP contribution in [0.5, 0.6) is 5.75 Å². The second kappa shape index (κ2) is 4.94. The first-order valence-corrected chi connectivity index (χ1v) is 8.60. The van der Waals surface area contributed by atoms with Crippen molar-refractivity contribution in [1.82, 2.24) is 0 Å². The SMILES string of the molecule is C[C@]12CC[C@H]3c4cc([N+](=O)[O-])c(O)cc4CC[C@@H]3[C@@H]1CC[C@@H]2O. The van der Waals surface area contributed by atoms with E-state index in [4.69, 9.17) is 0 Å². The summed E-state index contributed by atoms with van der Waals surface area (Å²) >= 11 is 0. The van der Waals surface area contributed by atoms with Crippen molar-refractivity contribution in [2.24, 2.45) is 17.3 Å². The number of nitro groups is 1. The van der Waals surface area contributed by atoms with Gasteiger partial charge in [-0.25, -0.2) is 0 Å². The number of nitrogens with zero attached hydrogens (tertiary/aromatic N) is 1. The summed E-state index contributed by atoms with van der Waals surface area (Å²) in [7, 11) is 0. The molecular weight excluding hydrogens is 294 g/mol. The topological polar surface area (TPSA) is 83.6 Å². The van der Waals surface area contributed by atoms with Gasteiger partial charge in [0, 0.05) is 6.07 Å². The predicted molar refractivity (Wildman–Crippen MR) is 85.4 cm³/mol. The fourth-order valence-corrected chi connectivity index (χ4v) is 5.71. The van der Waals surface area contributed by atoms with Crippen molar-refractivity contribution in [3.05, 3.63) is 33.4 Å². The van der Waals surface area contributed by atoms with Crippen molar-refractivity contribution in [2.45, 2.75) is 57.5 Å². The van der Waals surface area contributed by atoms with Crippen LogP contribution in [0.2, 0.25) is 0 Å². The average Bonchev–Trinajstić information content (AvgIpc) is 2.81. The standard InChI is InChI=1S/C18H23NO4/c1-18-7-6-11-12(14(18)4-5-17(18)21)3-2-10-8-16(20)15(19(22)23)9-13(10)11/h8-9,11-12,14,17,20-21H,2-7H2,1H3/t11-,12+,14+,17+,18+/m1/s1. The monoisotopic (exact) mass is 317 g/mol. The Morgan fingerprint density at radius 3 is 2.78 bits per heavy atom. The Balaban J connectivity index is 1.74. The van der Waals surface area contributed by atoms with E-state index in [1.165, 1.54) is 0 Å². The minimum atomic E-state index is -0.495. The summed E-state index contributed by atoms with van der Waals surface area (Å²) < 4.78 is 0. The van der Waals surface area contributed by atoms with E-state index in [1.54, 1.807) is 12.1 Å². The maximum absolute atomic E-state index is 11.2. The van der Waals surface area contributed by atoms with Crippen LogP contribution < -0.4 is 0 Å². The number of hydrogen-bond acceptors (Lipinski definition) is 4. The van der Waals surface area contributed by atoms with Gasteiger partial charge in [-0.05, 0) is 78.9 Å². The van der Waals surface area contributed by atoms with Gasteiger partial charge in [0.15, 0.2) is 5.75 Å². The molecule has 0 saturated heterocycles. The number of aromatic hydroxyl groups is 1. The number of phenolic OH excluding ortho intramolecular Hbond substituents is 1. The molecule has 124 valence electrons. The lowest BCUT2D eigenvalue weighted by Gasteiger charge is -2.50. The lowest BCUT2D eigenvalue weighted by atomic mass is 9.55. The van der Waals surface area contributed by atoms with Gasteiger partial charge in [0.2, 0.25) is 0 Å². The fraction of sp³-hybridized carbons (Fsp3) is 0.667. The molecule has 0 aromatic heterocycles. The molecule has 0 heterocycles. The van der Waals surface area contributed by atoms with E-state index in [2.05, 4.69) is 6.92 Å². The van der Waals surface area contributed by atoms with E-state index >= 15 is 0 Å². The number of benzene rings is 1. The summed E-state index contributed by atoms with van der Waals surface area (Å²) in [5, 5.41) is 31.4. The van der Waals surface area contributed by atoms with Gasteiger partial charge >= 0.3 is 5.69 Å². The van der Waals surface area contributed by atoms with Crippen molar-refractivity contribution in [1.29, 1.82) is 0 Å². The molecule has 2 N–H and O–H groups in total. The van der Waals surface area contributed by atoms with Crippen LogP contribution in [0.4, 0.5) is 5.69 Å². The molecule has 4 rings (SSSR count). The van der Waals surface area contributed by atoms with Gasteiger partial charge in [-0.15, -0.1) is 0 Å². The van der Waals surface area contributed by atoms with Crippen LogP contribution in [0.25, 0.3) is 0 Å². The summed E-state index contributed by atoms with van der Waals surface area (Å²) in [4.78, 5) is 10.7. The van der Waals surface area contributed by atoms with E-state index in [-0.39, 0.29) is 23.0 Å². The number of aryl methyl sites for hydroxylation is 1. The van der Waals surface area contributed by atoms with Crippen LogP contribution in [0.1, 0.15) is 56.1 Å². The summed E-state index contributed by atoms with van der Waals surface area (Å²) in [6.45, 7) is 2.22. The highest BCUT2D eigenvalue weighted by atomic mass is 16.6. The van der Waals surface area contributed by atoms with E-state index < -0.39 is 4.92 Å². The maximum Gasteiger partial charge on any atom is 0.310 e. The molecule has 3 aliphatic carbocycles. The van der Waals surface area contributed by atoms with Crippen LogP contribution in [0.3, 0.4) is 0 Å². The molecule has 23 heavy (non-hydrogen) atoms. The number of fused-ring (bicyclic) bond motifs is 5. The van der Waals surface area contributed by atoms with Gasteiger partial charge in [-0.1, -0.05) is 6.92 Å². The first kappa shape index (κ1) is 14.9. The molecule has 2 saturated carbocycles. The molecule has 0 amide bonds. The molecule has 5 heteroatoms. The summed E-state index contributed by atoms with van der Waals surface area (Å²) in [5.41, 5.74) is 1.97. The normalized spacial score (nSPS) is 38.5. The highest BCUT2D eigenvalue weighted by Gasteiger charge is 2.54. The average molecular weight is 317 g/mol. The molecule has 0 aliphatic heterocycles. The molecule has 3 aliphatic rings. The smallest absolute Gasteiger partial charge is 0.310 e. The molecule has 5 nitrogen and oxygen atoms in total. The van der Waals surface area contributed by atoms with Gasteiger partial charge in [-0.3, -0.25) is 10.1 Å². The second-order valence-electron chi connectivity index (χ2n) is 7.85. The Kier molecular flexibility index (Phi) is 3.21. The van der Waals surface area contributed by atoms with Crippen LogP contribution in [-0.2, 0) is 6.42 Å². The number of rotatable bonds is 1. The maximum atomic E-state index is 11.2. The van der Waals surface area contributed by atoms with Crippen molar-refractivity contribution in [3.63, 3.8) is 0 Å². The Morgan fingerprint density at radius 1 is 1.26 bits per heavy atom. The Hall–Kier alpha value is -1.62. The number of phenols is 1. The zero-order valence-electron chi connectivity index (χ0n) is 13.4. The zero-order valence-corrected chi connectivity index (χ0v) is 13.4. The highest BCUT2D eigenvalue weighted by Crippen LogP contribution is 2.61. The van der Waals surface area contributed by atoms with Crippen molar-refractivity contribution < 1.29 is 15.1 Å². The Bertz CT molecular complexity index is 673. The Labute approximate surface area is 135 Å². The van der Waals surface area contributed by atoms with E-state index in [1.807, 2.05) is 0 Å². The molecular formula is C18H23NO4. The van der Waals surface area contributed by atoms with Crippen molar-refractivity contribution in [3.8, 4) is 5.75 Å². The lowest BCUT2D eigenvalue weighted by Crippen LogP contribution is -2.43. The van der Waals surface area contributed by atoms with Gasteiger partial charge in [0.25, 0.3) is 0 Å². The third-order valence-electron chi connectivity index (χ3n) is 6.97. The second-order valence-corrected chi connectivity index (χ2v) is 7.85. The number of aliphatic hydroxyl groups excluding tert-OH is 1. The molecule has 2 fully saturated rings. The van der Waals surface area contributed by atoms with Crippen LogP contribution >= 0.6 is 0 Å². The Morgan fingerprint density at radius 2 is 2.04 bits per heavy atom. The first-order chi connectivity index (χ1) is 10.9. The highest BCUT2D eigenvalue weighted by molar-refractivity contribution is 5.53. The molecule has 0 bridgehead atoms. The van der Waals surface area contributed by atoms with Crippen molar-refractivity contribution >= 4 is 5.69 Å².